The second-order valence-electron chi connectivity index (χ2n) is 5.86. The zero-order valence-electron chi connectivity index (χ0n) is 13.5. The second kappa shape index (κ2) is 6.83. The van der Waals surface area contributed by atoms with Crippen LogP contribution in [-0.4, -0.2) is 72.5 Å². The molecule has 0 aromatic carbocycles. The Hall–Kier alpha value is -2.68. The van der Waals surface area contributed by atoms with Crippen LogP contribution < -0.4 is 0 Å². The minimum absolute atomic E-state index is 0.172. The number of aliphatic carboxylic acids is 1. The third-order valence-corrected chi connectivity index (χ3v) is 4.04. The van der Waals surface area contributed by atoms with E-state index in [1.165, 1.54) is 10.9 Å². The highest BCUT2D eigenvalue weighted by atomic mass is 16.4. The summed E-state index contributed by atoms with van der Waals surface area (Å²) in [7, 11) is 1.89. The molecule has 2 aromatic rings. The number of piperazine rings is 1. The van der Waals surface area contributed by atoms with Gasteiger partial charge in [-0.1, -0.05) is 0 Å². The Morgan fingerprint density at radius 3 is 2.58 bits per heavy atom. The lowest BCUT2D eigenvalue weighted by Crippen LogP contribution is -2.48. The Morgan fingerprint density at radius 2 is 1.96 bits per heavy atom. The van der Waals surface area contributed by atoms with Crippen molar-refractivity contribution in [2.45, 2.75) is 13.1 Å². The third kappa shape index (κ3) is 3.62. The lowest BCUT2D eigenvalue weighted by atomic mass is 10.2. The number of carbonyl (C=O) groups is 2. The Labute approximate surface area is 139 Å². The molecule has 3 heterocycles. The number of amides is 1. The Morgan fingerprint density at radius 1 is 1.21 bits per heavy atom. The van der Waals surface area contributed by atoms with E-state index in [9.17, 15) is 9.59 Å². The summed E-state index contributed by atoms with van der Waals surface area (Å²) in [5.74, 6) is -1.19. The zero-order chi connectivity index (χ0) is 17.1. The van der Waals surface area contributed by atoms with Crippen molar-refractivity contribution >= 4 is 11.9 Å². The molecule has 3 rings (SSSR count). The van der Waals surface area contributed by atoms with Gasteiger partial charge in [0.15, 0.2) is 0 Å². The van der Waals surface area contributed by atoms with Gasteiger partial charge in [0.1, 0.15) is 12.2 Å². The maximum absolute atomic E-state index is 12.6. The van der Waals surface area contributed by atoms with Crippen molar-refractivity contribution in [1.29, 1.82) is 0 Å². The van der Waals surface area contributed by atoms with E-state index < -0.39 is 5.97 Å². The van der Waals surface area contributed by atoms with E-state index in [-0.39, 0.29) is 12.5 Å². The predicted molar refractivity (Wildman–Crippen MR) is 84.3 cm³/mol. The molecule has 0 saturated carbocycles. The topological polar surface area (TPSA) is 96.5 Å². The van der Waals surface area contributed by atoms with E-state index in [4.69, 9.17) is 5.11 Å². The van der Waals surface area contributed by atoms with Crippen molar-refractivity contribution in [3.8, 4) is 0 Å². The molecular weight excluding hydrogens is 312 g/mol. The molecule has 1 aliphatic heterocycles. The smallest absolute Gasteiger partial charge is 0.325 e. The van der Waals surface area contributed by atoms with Crippen molar-refractivity contribution in [2.75, 3.05) is 26.2 Å². The maximum Gasteiger partial charge on any atom is 0.325 e. The van der Waals surface area contributed by atoms with Gasteiger partial charge < -0.3 is 10.0 Å². The molecule has 0 bridgehead atoms. The number of nitrogens with zero attached hydrogens (tertiary/aromatic N) is 6. The van der Waals surface area contributed by atoms with E-state index in [1.807, 2.05) is 19.4 Å². The fourth-order valence-electron chi connectivity index (χ4n) is 2.85. The molecule has 0 aliphatic carbocycles. The van der Waals surface area contributed by atoms with Crippen LogP contribution >= 0.6 is 0 Å². The number of aryl methyl sites for hydroxylation is 1. The van der Waals surface area contributed by atoms with Crippen LogP contribution in [0.1, 0.15) is 16.1 Å². The molecule has 1 aliphatic rings. The van der Waals surface area contributed by atoms with Gasteiger partial charge in [-0.3, -0.25) is 19.2 Å². The quantitative estimate of drug-likeness (QED) is 0.805. The first-order valence-electron chi connectivity index (χ1n) is 7.75. The average Bonchev–Trinajstić information content (AvgIpc) is 3.16. The largest absolute Gasteiger partial charge is 0.480 e. The number of hydrogen-bond donors (Lipinski definition) is 1. The van der Waals surface area contributed by atoms with Crippen LogP contribution in [0.25, 0.3) is 0 Å². The summed E-state index contributed by atoms with van der Waals surface area (Å²) in [6.07, 6.45) is 5.29. The molecule has 0 atom stereocenters. The van der Waals surface area contributed by atoms with Crippen LogP contribution in [0.3, 0.4) is 0 Å². The van der Waals surface area contributed by atoms with Crippen LogP contribution in [0.4, 0.5) is 0 Å². The summed E-state index contributed by atoms with van der Waals surface area (Å²) < 4.78 is 3.01. The number of carboxylic acids is 1. The molecule has 1 fully saturated rings. The molecule has 0 unspecified atom stereocenters. The zero-order valence-corrected chi connectivity index (χ0v) is 13.5. The lowest BCUT2D eigenvalue weighted by Gasteiger charge is -2.34. The van der Waals surface area contributed by atoms with Gasteiger partial charge in [-0.25, -0.2) is 4.68 Å². The number of hydrogen-bond acceptors (Lipinski definition) is 5. The summed E-state index contributed by atoms with van der Waals surface area (Å²) >= 11 is 0. The third-order valence-electron chi connectivity index (χ3n) is 4.04. The molecule has 2 aromatic heterocycles. The van der Waals surface area contributed by atoms with Gasteiger partial charge in [-0.15, -0.1) is 0 Å². The van der Waals surface area contributed by atoms with Crippen LogP contribution in [0, 0.1) is 0 Å². The van der Waals surface area contributed by atoms with Gasteiger partial charge in [-0.05, 0) is 6.07 Å². The second-order valence-corrected chi connectivity index (χ2v) is 5.86. The molecule has 1 saturated heterocycles. The van der Waals surface area contributed by atoms with Gasteiger partial charge in [-0.2, -0.15) is 10.2 Å². The van der Waals surface area contributed by atoms with Gasteiger partial charge in [0.25, 0.3) is 5.91 Å². The van der Waals surface area contributed by atoms with Gasteiger partial charge in [0.05, 0.1) is 6.20 Å². The van der Waals surface area contributed by atoms with Crippen molar-refractivity contribution in [3.63, 3.8) is 0 Å². The minimum Gasteiger partial charge on any atom is -0.480 e. The molecule has 0 spiro atoms. The van der Waals surface area contributed by atoms with Crippen molar-refractivity contribution < 1.29 is 14.7 Å². The maximum atomic E-state index is 12.6. The molecule has 1 N–H and O–H groups in total. The Kier molecular flexibility index (Phi) is 4.61. The van der Waals surface area contributed by atoms with Crippen molar-refractivity contribution in [1.82, 2.24) is 29.4 Å². The van der Waals surface area contributed by atoms with E-state index in [1.54, 1.807) is 15.6 Å². The summed E-state index contributed by atoms with van der Waals surface area (Å²) in [5, 5.41) is 17.0. The number of aromatic nitrogens is 4. The average molecular weight is 332 g/mol. The first-order chi connectivity index (χ1) is 11.5. The molecule has 24 heavy (non-hydrogen) atoms. The fourth-order valence-corrected chi connectivity index (χ4v) is 2.85. The van der Waals surface area contributed by atoms with Gasteiger partial charge in [0, 0.05) is 57.7 Å². The Bertz CT molecular complexity index is 729. The standard InChI is InChI=1S/C15H20N6O3/c1-18-9-12(8-17-18)10-19-4-6-20(7-5-19)15(24)13-2-3-16-21(13)11-14(22)23/h2-3,8-9H,4-7,10-11H2,1H3,(H,22,23). The lowest BCUT2D eigenvalue weighted by molar-refractivity contribution is -0.137. The van der Waals surface area contributed by atoms with Gasteiger partial charge >= 0.3 is 5.97 Å². The van der Waals surface area contributed by atoms with Crippen LogP contribution in [0.15, 0.2) is 24.7 Å². The highest BCUT2D eigenvalue weighted by Gasteiger charge is 2.25. The molecule has 9 heteroatoms. The summed E-state index contributed by atoms with van der Waals surface area (Å²) in [5.41, 5.74) is 1.47. The summed E-state index contributed by atoms with van der Waals surface area (Å²) in [6.45, 7) is 3.26. The number of carbonyl (C=O) groups excluding carboxylic acids is 1. The number of rotatable bonds is 5. The van der Waals surface area contributed by atoms with Crippen molar-refractivity contribution in [3.05, 3.63) is 35.9 Å². The highest BCUT2D eigenvalue weighted by molar-refractivity contribution is 5.93. The van der Waals surface area contributed by atoms with Gasteiger partial charge in [0.2, 0.25) is 0 Å². The van der Waals surface area contributed by atoms with Crippen LogP contribution in [-0.2, 0) is 24.9 Å². The first kappa shape index (κ1) is 16.2. The van der Waals surface area contributed by atoms with E-state index in [2.05, 4.69) is 15.1 Å². The highest BCUT2D eigenvalue weighted by Crippen LogP contribution is 2.11. The minimum atomic E-state index is -1.02. The summed E-state index contributed by atoms with van der Waals surface area (Å²) in [4.78, 5) is 27.4. The van der Waals surface area contributed by atoms with Crippen LogP contribution in [0.5, 0.6) is 0 Å². The molecular formula is C15H20N6O3. The van der Waals surface area contributed by atoms with Crippen LogP contribution in [0.2, 0.25) is 0 Å². The molecule has 0 radical (unpaired) electrons. The molecule has 1 amide bonds. The van der Waals surface area contributed by atoms with E-state index in [0.717, 1.165) is 25.2 Å². The molecule has 9 nitrogen and oxygen atoms in total. The fraction of sp³-hybridized carbons (Fsp3) is 0.467. The molecule has 128 valence electrons. The van der Waals surface area contributed by atoms with E-state index in [0.29, 0.717) is 18.8 Å². The summed E-state index contributed by atoms with van der Waals surface area (Å²) in [6, 6.07) is 1.56. The SMILES string of the molecule is Cn1cc(CN2CCN(C(=O)c3ccnn3CC(=O)O)CC2)cn1. The van der Waals surface area contributed by atoms with E-state index >= 15 is 0 Å². The predicted octanol–water partition coefficient (Wildman–Crippen LogP) is -0.341. The Balaban J connectivity index is 1.57. The monoisotopic (exact) mass is 332 g/mol. The first-order valence-corrected chi connectivity index (χ1v) is 7.75. The van der Waals surface area contributed by atoms with Crippen molar-refractivity contribution in [2.24, 2.45) is 7.05 Å². The number of carboxylic acid groups (broad SMARTS) is 1. The normalized spacial score (nSPS) is 15.6.